The Hall–Kier alpha value is -1.88. The van der Waals surface area contributed by atoms with Crippen LogP contribution in [0, 0.1) is 0 Å². The number of hydrogen-bond donors (Lipinski definition) is 2. The summed E-state index contributed by atoms with van der Waals surface area (Å²) in [5, 5.41) is 15.7. The number of benzene rings is 1. The number of para-hydroxylation sites is 1. The van der Waals surface area contributed by atoms with Gasteiger partial charge >= 0.3 is 0 Å². The standard InChI is InChI=1S/C11H11N3OS/c1-8(14-15)10-7-12-11(16-10)13-9-5-3-2-4-6-9/h2-7,15H,1H3,(H,12,13)/b14-8-. The molecule has 2 rings (SSSR count). The molecule has 4 nitrogen and oxygen atoms in total. The Morgan fingerprint density at radius 2 is 2.12 bits per heavy atom. The second kappa shape index (κ2) is 4.76. The van der Waals surface area contributed by atoms with Gasteiger partial charge in [0.1, 0.15) is 0 Å². The highest BCUT2D eigenvalue weighted by Crippen LogP contribution is 2.22. The van der Waals surface area contributed by atoms with Crippen molar-refractivity contribution in [2.24, 2.45) is 5.16 Å². The normalized spacial score (nSPS) is 11.4. The highest BCUT2D eigenvalue weighted by molar-refractivity contribution is 7.17. The molecule has 0 aliphatic rings. The number of oxime groups is 1. The summed E-state index contributed by atoms with van der Waals surface area (Å²) in [7, 11) is 0. The maximum absolute atomic E-state index is 8.63. The fourth-order valence-electron chi connectivity index (χ4n) is 1.19. The topological polar surface area (TPSA) is 57.5 Å². The van der Waals surface area contributed by atoms with Gasteiger partial charge in [-0.3, -0.25) is 0 Å². The average molecular weight is 233 g/mol. The van der Waals surface area contributed by atoms with Gasteiger partial charge in [-0.05, 0) is 19.1 Å². The number of nitrogens with one attached hydrogen (secondary N) is 1. The number of anilines is 2. The molecule has 0 bridgehead atoms. The molecule has 82 valence electrons. The monoisotopic (exact) mass is 233 g/mol. The fourth-order valence-corrected chi connectivity index (χ4v) is 1.97. The quantitative estimate of drug-likeness (QED) is 0.486. The summed E-state index contributed by atoms with van der Waals surface area (Å²) < 4.78 is 0. The SMILES string of the molecule is C/C(=N/O)c1cnc(Nc2ccccc2)s1. The van der Waals surface area contributed by atoms with Crippen molar-refractivity contribution in [1.29, 1.82) is 0 Å². The molecule has 0 saturated heterocycles. The summed E-state index contributed by atoms with van der Waals surface area (Å²) in [6.07, 6.45) is 1.69. The first-order valence-electron chi connectivity index (χ1n) is 4.76. The van der Waals surface area contributed by atoms with Crippen LogP contribution in [0.5, 0.6) is 0 Å². The first-order chi connectivity index (χ1) is 7.79. The maximum Gasteiger partial charge on any atom is 0.187 e. The number of hydrogen-bond acceptors (Lipinski definition) is 5. The van der Waals surface area contributed by atoms with Crippen molar-refractivity contribution >= 4 is 27.9 Å². The van der Waals surface area contributed by atoms with Gasteiger partial charge in [0.05, 0.1) is 10.6 Å². The molecule has 0 aliphatic carbocycles. The zero-order valence-corrected chi connectivity index (χ0v) is 9.53. The summed E-state index contributed by atoms with van der Waals surface area (Å²) in [6, 6.07) is 9.80. The molecule has 0 amide bonds. The van der Waals surface area contributed by atoms with Crippen molar-refractivity contribution in [2.75, 3.05) is 5.32 Å². The first kappa shape index (κ1) is 10.6. The van der Waals surface area contributed by atoms with Crippen molar-refractivity contribution < 1.29 is 5.21 Å². The summed E-state index contributed by atoms with van der Waals surface area (Å²) in [6.45, 7) is 1.74. The van der Waals surface area contributed by atoms with Crippen LogP contribution in [0.25, 0.3) is 0 Å². The van der Waals surface area contributed by atoms with E-state index in [1.54, 1.807) is 13.1 Å². The van der Waals surface area contributed by atoms with Crippen LogP contribution in [0.2, 0.25) is 0 Å². The van der Waals surface area contributed by atoms with Crippen molar-refractivity contribution in [1.82, 2.24) is 4.98 Å². The smallest absolute Gasteiger partial charge is 0.187 e. The van der Waals surface area contributed by atoms with Gasteiger partial charge < -0.3 is 10.5 Å². The summed E-state index contributed by atoms with van der Waals surface area (Å²) >= 11 is 1.45. The van der Waals surface area contributed by atoms with E-state index in [-0.39, 0.29) is 0 Å². The van der Waals surface area contributed by atoms with Gasteiger partial charge in [-0.2, -0.15) is 0 Å². The Morgan fingerprint density at radius 1 is 1.38 bits per heavy atom. The van der Waals surface area contributed by atoms with Crippen LogP contribution in [0.3, 0.4) is 0 Å². The third-order valence-corrected chi connectivity index (χ3v) is 3.06. The van der Waals surface area contributed by atoms with Crippen LogP contribution < -0.4 is 5.32 Å². The Labute approximate surface area is 97.3 Å². The molecule has 0 unspecified atom stereocenters. The lowest BCUT2D eigenvalue weighted by atomic mass is 10.3. The molecule has 0 saturated carbocycles. The van der Waals surface area contributed by atoms with E-state index < -0.39 is 0 Å². The Morgan fingerprint density at radius 3 is 2.81 bits per heavy atom. The first-order valence-corrected chi connectivity index (χ1v) is 5.58. The van der Waals surface area contributed by atoms with E-state index in [9.17, 15) is 0 Å². The molecule has 1 aromatic heterocycles. The largest absolute Gasteiger partial charge is 0.411 e. The maximum atomic E-state index is 8.63. The molecule has 0 spiro atoms. The van der Waals surface area contributed by atoms with Crippen molar-refractivity contribution in [3.8, 4) is 0 Å². The van der Waals surface area contributed by atoms with Crippen molar-refractivity contribution in [2.45, 2.75) is 6.92 Å². The van der Waals surface area contributed by atoms with Crippen LogP contribution in [0.4, 0.5) is 10.8 Å². The van der Waals surface area contributed by atoms with Crippen LogP contribution >= 0.6 is 11.3 Å². The van der Waals surface area contributed by atoms with Crippen molar-refractivity contribution in [3.63, 3.8) is 0 Å². The lowest BCUT2D eigenvalue weighted by molar-refractivity contribution is 0.319. The third-order valence-electron chi connectivity index (χ3n) is 2.04. The number of rotatable bonds is 3. The zero-order chi connectivity index (χ0) is 11.4. The van der Waals surface area contributed by atoms with Crippen LogP contribution in [-0.2, 0) is 0 Å². The van der Waals surface area contributed by atoms with Gasteiger partial charge in [0, 0.05) is 11.9 Å². The summed E-state index contributed by atoms with van der Waals surface area (Å²) in [5.41, 5.74) is 1.56. The lowest BCUT2D eigenvalue weighted by Gasteiger charge is -2.00. The van der Waals surface area contributed by atoms with Gasteiger partial charge in [0.2, 0.25) is 0 Å². The Bertz CT molecular complexity index is 493. The molecule has 1 aromatic carbocycles. The molecule has 16 heavy (non-hydrogen) atoms. The molecule has 1 heterocycles. The van der Waals surface area contributed by atoms with Gasteiger partial charge in [-0.25, -0.2) is 4.98 Å². The molecule has 2 N–H and O–H groups in total. The van der Waals surface area contributed by atoms with E-state index in [2.05, 4.69) is 15.5 Å². The van der Waals surface area contributed by atoms with Gasteiger partial charge in [-0.1, -0.05) is 34.7 Å². The number of aromatic nitrogens is 1. The summed E-state index contributed by atoms with van der Waals surface area (Å²) in [5.74, 6) is 0. The van der Waals surface area contributed by atoms with E-state index in [1.165, 1.54) is 11.3 Å². The van der Waals surface area contributed by atoms with E-state index >= 15 is 0 Å². The summed E-state index contributed by atoms with van der Waals surface area (Å²) in [4.78, 5) is 5.04. The number of thiazole rings is 1. The van der Waals surface area contributed by atoms with Gasteiger partial charge in [0.25, 0.3) is 0 Å². The lowest BCUT2D eigenvalue weighted by Crippen LogP contribution is -1.88. The molecule has 0 atom stereocenters. The zero-order valence-electron chi connectivity index (χ0n) is 8.71. The Balaban J connectivity index is 2.15. The number of nitrogens with zero attached hydrogens (tertiary/aromatic N) is 2. The highest BCUT2D eigenvalue weighted by Gasteiger charge is 2.04. The van der Waals surface area contributed by atoms with Crippen molar-refractivity contribution in [3.05, 3.63) is 41.4 Å². The molecule has 0 radical (unpaired) electrons. The second-order valence-electron chi connectivity index (χ2n) is 3.21. The van der Waals surface area contributed by atoms with Crippen LogP contribution in [-0.4, -0.2) is 15.9 Å². The molecule has 0 fully saturated rings. The minimum absolute atomic E-state index is 0.568. The molecule has 0 aliphatic heterocycles. The van der Waals surface area contributed by atoms with Crippen LogP contribution in [0.15, 0.2) is 41.7 Å². The molecular weight excluding hydrogens is 222 g/mol. The average Bonchev–Trinajstić information content (AvgIpc) is 2.78. The minimum atomic E-state index is 0.568. The van der Waals surface area contributed by atoms with Crippen LogP contribution in [0.1, 0.15) is 11.8 Å². The predicted molar refractivity (Wildman–Crippen MR) is 65.8 cm³/mol. The van der Waals surface area contributed by atoms with E-state index in [0.717, 1.165) is 15.7 Å². The van der Waals surface area contributed by atoms with E-state index in [4.69, 9.17) is 5.21 Å². The third kappa shape index (κ3) is 2.38. The van der Waals surface area contributed by atoms with E-state index in [0.29, 0.717) is 5.71 Å². The fraction of sp³-hybridized carbons (Fsp3) is 0.0909. The van der Waals surface area contributed by atoms with E-state index in [1.807, 2.05) is 30.3 Å². The minimum Gasteiger partial charge on any atom is -0.411 e. The highest BCUT2D eigenvalue weighted by atomic mass is 32.1. The molecule has 5 heteroatoms. The Kier molecular flexibility index (Phi) is 3.16. The molecular formula is C11H11N3OS. The van der Waals surface area contributed by atoms with Gasteiger partial charge in [0.15, 0.2) is 5.13 Å². The predicted octanol–water partition coefficient (Wildman–Crippen LogP) is 3.08. The molecule has 2 aromatic rings. The second-order valence-corrected chi connectivity index (χ2v) is 4.24. The van der Waals surface area contributed by atoms with Gasteiger partial charge in [-0.15, -0.1) is 0 Å².